The Morgan fingerprint density at radius 2 is 2.12 bits per heavy atom. The van der Waals surface area contributed by atoms with E-state index in [9.17, 15) is 10.2 Å². The Balaban J connectivity index is 2.03. The third-order valence-electron chi connectivity index (χ3n) is 2.73. The molecule has 2 rings (SSSR count). The maximum atomic E-state index is 9.89. The first kappa shape index (κ1) is 11.8. The van der Waals surface area contributed by atoms with Crippen molar-refractivity contribution in [3.05, 3.63) is 0 Å². The zero-order valence-electron chi connectivity index (χ0n) is 9.16. The molecule has 0 aromatic heterocycles. The normalized spacial score (nSPS) is 42.7. The van der Waals surface area contributed by atoms with E-state index in [0.29, 0.717) is 0 Å². The van der Waals surface area contributed by atoms with E-state index in [4.69, 9.17) is 19.5 Å². The monoisotopic (exact) mass is 229 g/mol. The van der Waals surface area contributed by atoms with Crippen LogP contribution >= 0.6 is 0 Å². The van der Waals surface area contributed by atoms with Crippen molar-refractivity contribution in [2.45, 2.75) is 56.8 Å². The molecule has 6 heteroatoms. The second-order valence-electron chi connectivity index (χ2n) is 4.49. The summed E-state index contributed by atoms with van der Waals surface area (Å²) in [6, 6.07) is 1.82. The highest BCUT2D eigenvalue weighted by Gasteiger charge is 2.55. The summed E-state index contributed by atoms with van der Waals surface area (Å²) >= 11 is 0. The molecule has 0 saturated carbocycles. The first-order valence-corrected chi connectivity index (χ1v) is 5.19. The molecule has 0 radical (unpaired) electrons. The Kier molecular flexibility index (Phi) is 2.90. The van der Waals surface area contributed by atoms with Crippen molar-refractivity contribution < 1.29 is 24.4 Å². The van der Waals surface area contributed by atoms with E-state index in [-0.39, 0.29) is 6.42 Å². The first-order chi connectivity index (χ1) is 7.44. The molecule has 0 unspecified atom stereocenters. The largest absolute Gasteiger partial charge is 0.389 e. The summed E-state index contributed by atoms with van der Waals surface area (Å²) in [7, 11) is 0. The van der Waals surface area contributed by atoms with Crippen LogP contribution in [0.5, 0.6) is 0 Å². The Hall–Kier alpha value is -0.710. The Bertz CT molecular complexity index is 313. The van der Waals surface area contributed by atoms with Gasteiger partial charge in [0.2, 0.25) is 0 Å². The lowest BCUT2D eigenvalue weighted by Gasteiger charge is -2.24. The number of hydrogen-bond acceptors (Lipinski definition) is 6. The number of aliphatic hydroxyl groups is 2. The highest BCUT2D eigenvalue weighted by molar-refractivity contribution is 4.97. The molecule has 2 aliphatic rings. The molecule has 2 N–H and O–H groups in total. The fourth-order valence-corrected chi connectivity index (χ4v) is 2.04. The second-order valence-corrected chi connectivity index (χ2v) is 4.49. The molecule has 2 saturated heterocycles. The maximum absolute atomic E-state index is 9.89. The van der Waals surface area contributed by atoms with Crippen LogP contribution in [0, 0.1) is 11.3 Å². The van der Waals surface area contributed by atoms with Crippen molar-refractivity contribution in [1.29, 1.82) is 5.26 Å². The molecule has 5 atom stereocenters. The third kappa shape index (κ3) is 1.93. The van der Waals surface area contributed by atoms with Gasteiger partial charge in [0.25, 0.3) is 0 Å². The molecule has 2 aliphatic heterocycles. The van der Waals surface area contributed by atoms with E-state index in [0.717, 1.165) is 0 Å². The zero-order valence-corrected chi connectivity index (χ0v) is 9.16. The molecule has 0 amide bonds. The van der Waals surface area contributed by atoms with Crippen molar-refractivity contribution in [1.82, 2.24) is 0 Å². The number of nitrogens with zero attached hydrogens (tertiary/aromatic N) is 1. The number of fused-ring (bicyclic) bond motifs is 1. The molecule has 0 aromatic carbocycles. The van der Waals surface area contributed by atoms with Gasteiger partial charge < -0.3 is 24.4 Å². The smallest absolute Gasteiger partial charge is 0.190 e. The SMILES string of the molecule is CC1(C)O[C@@H]2O[C@@H]([C@H](O)CC#N)[C@H](O)[C@@H]2O1. The summed E-state index contributed by atoms with van der Waals surface area (Å²) in [5.41, 5.74) is 0. The van der Waals surface area contributed by atoms with Gasteiger partial charge in [-0.05, 0) is 13.8 Å². The fraction of sp³-hybridized carbons (Fsp3) is 0.900. The molecule has 0 bridgehead atoms. The van der Waals surface area contributed by atoms with Crippen LogP contribution in [0.2, 0.25) is 0 Å². The molecular weight excluding hydrogens is 214 g/mol. The van der Waals surface area contributed by atoms with Crippen molar-refractivity contribution in [2.24, 2.45) is 0 Å². The van der Waals surface area contributed by atoms with Gasteiger partial charge in [0.05, 0.1) is 18.6 Å². The first-order valence-electron chi connectivity index (χ1n) is 5.19. The standard InChI is InChI=1S/C10H15NO5/c1-10(2)15-8-6(13)7(5(12)3-4-11)14-9(8)16-10/h5-9,12-13H,3H2,1-2H3/t5-,6+,7+,8+,9+/m1/s1. The highest BCUT2D eigenvalue weighted by Crippen LogP contribution is 2.38. The van der Waals surface area contributed by atoms with Crippen LogP contribution in [0.25, 0.3) is 0 Å². The van der Waals surface area contributed by atoms with Gasteiger partial charge in [-0.25, -0.2) is 0 Å². The van der Waals surface area contributed by atoms with E-state index in [1.807, 2.05) is 6.07 Å². The van der Waals surface area contributed by atoms with Gasteiger partial charge in [-0.1, -0.05) is 0 Å². The average Bonchev–Trinajstić information content (AvgIpc) is 2.62. The van der Waals surface area contributed by atoms with Crippen molar-refractivity contribution in [3.8, 4) is 6.07 Å². The summed E-state index contributed by atoms with van der Waals surface area (Å²) in [5.74, 6) is -0.790. The topological polar surface area (TPSA) is 91.9 Å². The van der Waals surface area contributed by atoms with Crippen LogP contribution in [0.15, 0.2) is 0 Å². The second kappa shape index (κ2) is 3.95. The van der Waals surface area contributed by atoms with E-state index in [2.05, 4.69) is 0 Å². The molecule has 6 nitrogen and oxygen atoms in total. The number of aliphatic hydroxyl groups excluding tert-OH is 2. The predicted molar refractivity (Wildman–Crippen MR) is 50.9 cm³/mol. The molecule has 0 aromatic rings. The highest BCUT2D eigenvalue weighted by atomic mass is 16.8. The summed E-state index contributed by atoms with van der Waals surface area (Å²) in [5, 5.41) is 27.9. The summed E-state index contributed by atoms with van der Waals surface area (Å²) in [4.78, 5) is 0. The van der Waals surface area contributed by atoms with Gasteiger partial charge in [0.15, 0.2) is 12.1 Å². The Labute approximate surface area is 93.3 Å². The van der Waals surface area contributed by atoms with Crippen LogP contribution in [-0.2, 0) is 14.2 Å². The summed E-state index contributed by atoms with van der Waals surface area (Å²) in [6.07, 6.45) is -4.21. The Morgan fingerprint density at radius 3 is 2.69 bits per heavy atom. The van der Waals surface area contributed by atoms with Crippen LogP contribution in [0.4, 0.5) is 0 Å². The van der Waals surface area contributed by atoms with Crippen LogP contribution < -0.4 is 0 Å². The van der Waals surface area contributed by atoms with E-state index < -0.39 is 36.5 Å². The average molecular weight is 229 g/mol. The van der Waals surface area contributed by atoms with E-state index in [1.165, 1.54) is 0 Å². The number of ether oxygens (including phenoxy) is 3. The number of rotatable bonds is 2. The minimum absolute atomic E-state index is 0.0927. The zero-order chi connectivity index (χ0) is 11.9. The third-order valence-corrected chi connectivity index (χ3v) is 2.73. The van der Waals surface area contributed by atoms with Gasteiger partial charge in [0, 0.05) is 0 Å². The quantitative estimate of drug-likeness (QED) is 0.663. The van der Waals surface area contributed by atoms with Crippen molar-refractivity contribution in [3.63, 3.8) is 0 Å². The number of hydrogen-bond donors (Lipinski definition) is 2. The van der Waals surface area contributed by atoms with Gasteiger partial charge >= 0.3 is 0 Å². The van der Waals surface area contributed by atoms with E-state index >= 15 is 0 Å². The van der Waals surface area contributed by atoms with E-state index in [1.54, 1.807) is 13.8 Å². The minimum atomic E-state index is -1.03. The maximum Gasteiger partial charge on any atom is 0.190 e. The van der Waals surface area contributed by atoms with Crippen LogP contribution in [-0.4, -0.2) is 46.7 Å². The molecular formula is C10H15NO5. The lowest BCUT2D eigenvalue weighted by atomic mass is 10.0. The van der Waals surface area contributed by atoms with Crippen molar-refractivity contribution >= 4 is 0 Å². The fourth-order valence-electron chi connectivity index (χ4n) is 2.04. The van der Waals surface area contributed by atoms with Crippen molar-refractivity contribution in [2.75, 3.05) is 0 Å². The summed E-state index contributed by atoms with van der Waals surface area (Å²) in [6.45, 7) is 3.45. The minimum Gasteiger partial charge on any atom is -0.389 e. The molecule has 2 fully saturated rings. The lowest BCUT2D eigenvalue weighted by Crippen LogP contribution is -2.40. The molecule has 16 heavy (non-hydrogen) atoms. The van der Waals surface area contributed by atoms with Crippen LogP contribution in [0.3, 0.4) is 0 Å². The van der Waals surface area contributed by atoms with Gasteiger partial charge in [-0.3, -0.25) is 0 Å². The molecule has 0 aliphatic carbocycles. The van der Waals surface area contributed by atoms with Gasteiger partial charge in [-0.15, -0.1) is 0 Å². The summed E-state index contributed by atoms with van der Waals surface area (Å²) < 4.78 is 16.2. The van der Waals surface area contributed by atoms with Crippen LogP contribution in [0.1, 0.15) is 20.3 Å². The van der Waals surface area contributed by atoms with Gasteiger partial charge in [-0.2, -0.15) is 5.26 Å². The molecule has 90 valence electrons. The molecule has 0 spiro atoms. The lowest BCUT2D eigenvalue weighted by molar-refractivity contribution is -0.225. The predicted octanol–water partition coefficient (Wildman–Crippen LogP) is -0.502. The van der Waals surface area contributed by atoms with Gasteiger partial charge in [0.1, 0.15) is 18.3 Å². The molecule has 2 heterocycles. The number of nitriles is 1. The Morgan fingerprint density at radius 1 is 1.44 bits per heavy atom.